The fourth-order valence-corrected chi connectivity index (χ4v) is 3.19. The first kappa shape index (κ1) is 16.4. The maximum atomic E-state index is 14.0. The highest BCUT2D eigenvalue weighted by molar-refractivity contribution is 6.03. The van der Waals surface area contributed by atoms with Gasteiger partial charge in [0, 0.05) is 24.3 Å². The second-order valence-electron chi connectivity index (χ2n) is 6.36. The van der Waals surface area contributed by atoms with Gasteiger partial charge in [-0.3, -0.25) is 4.79 Å². The van der Waals surface area contributed by atoms with Crippen molar-refractivity contribution >= 4 is 11.8 Å². The van der Waals surface area contributed by atoms with Crippen LogP contribution >= 0.6 is 0 Å². The summed E-state index contributed by atoms with van der Waals surface area (Å²) in [5, 5.41) is 0. The van der Waals surface area contributed by atoms with Crippen LogP contribution in [-0.2, 0) is 11.2 Å². The normalized spacial score (nSPS) is 17.0. The maximum absolute atomic E-state index is 14.0. The van der Waals surface area contributed by atoms with E-state index in [0.29, 0.717) is 28.9 Å². The number of Topliss-reactive ketones (excluding diaryl/α,β-unsaturated/α-hetero) is 1. The lowest BCUT2D eigenvalue weighted by Gasteiger charge is -2.21. The second kappa shape index (κ2) is 6.23. The molecular formula is C19H19FO4. The molecule has 0 radical (unpaired) electrons. The number of rotatable bonds is 3. The van der Waals surface area contributed by atoms with Gasteiger partial charge in [0.15, 0.2) is 5.78 Å². The minimum Gasteiger partial charge on any atom is -0.457 e. The molecule has 0 saturated heterocycles. The molecule has 0 fully saturated rings. The van der Waals surface area contributed by atoms with E-state index in [-0.39, 0.29) is 35.8 Å². The fraction of sp³-hybridized carbons (Fsp3) is 0.368. The van der Waals surface area contributed by atoms with Gasteiger partial charge >= 0.3 is 5.97 Å². The molecule has 0 spiro atoms. The predicted octanol–water partition coefficient (Wildman–Crippen LogP) is 4.21. The van der Waals surface area contributed by atoms with E-state index in [1.54, 1.807) is 39.0 Å². The number of esters is 1. The van der Waals surface area contributed by atoms with Gasteiger partial charge < -0.3 is 9.15 Å². The molecule has 0 N–H and O–H groups in total. The molecule has 0 aliphatic heterocycles. The van der Waals surface area contributed by atoms with E-state index in [1.165, 1.54) is 6.07 Å². The summed E-state index contributed by atoms with van der Waals surface area (Å²) in [7, 11) is 0. The number of hydrogen-bond donors (Lipinski definition) is 0. The smallest absolute Gasteiger partial charge is 0.374 e. The number of ether oxygens (including phenoxy) is 1. The topological polar surface area (TPSA) is 56.5 Å². The molecular weight excluding hydrogens is 311 g/mol. The van der Waals surface area contributed by atoms with Crippen LogP contribution in [0.5, 0.6) is 0 Å². The number of furan rings is 1. The van der Waals surface area contributed by atoms with Crippen LogP contribution in [0.3, 0.4) is 0 Å². The zero-order chi connectivity index (χ0) is 17.4. The van der Waals surface area contributed by atoms with Crippen LogP contribution in [0.2, 0.25) is 0 Å². The molecule has 5 heteroatoms. The molecule has 1 unspecified atom stereocenters. The van der Waals surface area contributed by atoms with Crippen molar-refractivity contribution in [3.8, 4) is 0 Å². The summed E-state index contributed by atoms with van der Waals surface area (Å²) in [4.78, 5) is 24.6. The van der Waals surface area contributed by atoms with E-state index in [9.17, 15) is 14.0 Å². The zero-order valence-electron chi connectivity index (χ0n) is 13.9. The van der Waals surface area contributed by atoms with Crippen molar-refractivity contribution in [1.29, 1.82) is 0 Å². The Morgan fingerprint density at radius 3 is 2.67 bits per heavy atom. The molecule has 3 rings (SSSR count). The molecule has 1 aliphatic carbocycles. The number of hydrogen-bond acceptors (Lipinski definition) is 4. The number of carbonyl (C=O) groups excluding carboxylic acids is 2. The van der Waals surface area contributed by atoms with Gasteiger partial charge in [0.05, 0.1) is 11.7 Å². The summed E-state index contributed by atoms with van der Waals surface area (Å²) < 4.78 is 24.8. The third-order valence-electron chi connectivity index (χ3n) is 4.24. The van der Waals surface area contributed by atoms with Crippen LogP contribution in [0.25, 0.3) is 0 Å². The van der Waals surface area contributed by atoms with E-state index in [4.69, 9.17) is 9.15 Å². The van der Waals surface area contributed by atoms with Crippen molar-refractivity contribution < 1.29 is 23.1 Å². The second-order valence-corrected chi connectivity index (χ2v) is 6.36. The van der Waals surface area contributed by atoms with Gasteiger partial charge in [-0.2, -0.15) is 0 Å². The molecule has 126 valence electrons. The Hall–Kier alpha value is -2.43. The summed E-state index contributed by atoms with van der Waals surface area (Å²) >= 11 is 0. The monoisotopic (exact) mass is 330 g/mol. The van der Waals surface area contributed by atoms with Crippen molar-refractivity contribution in [1.82, 2.24) is 0 Å². The molecule has 1 aromatic heterocycles. The molecule has 4 nitrogen and oxygen atoms in total. The van der Waals surface area contributed by atoms with E-state index in [1.807, 2.05) is 0 Å². The highest BCUT2D eigenvalue weighted by Gasteiger charge is 2.35. The van der Waals surface area contributed by atoms with Crippen LogP contribution in [0.1, 0.15) is 64.0 Å². The lowest BCUT2D eigenvalue weighted by molar-refractivity contribution is 0.0338. The van der Waals surface area contributed by atoms with Crippen molar-refractivity contribution in [2.24, 2.45) is 0 Å². The molecule has 0 saturated carbocycles. The largest absolute Gasteiger partial charge is 0.457 e. The molecule has 1 atom stereocenters. The summed E-state index contributed by atoms with van der Waals surface area (Å²) in [6.07, 6.45) is 0.311. The number of halogens is 1. The van der Waals surface area contributed by atoms with Crippen molar-refractivity contribution in [3.05, 3.63) is 58.3 Å². The molecule has 1 aromatic carbocycles. The van der Waals surface area contributed by atoms with Gasteiger partial charge in [0.25, 0.3) is 0 Å². The van der Waals surface area contributed by atoms with E-state index in [2.05, 4.69) is 0 Å². The molecule has 0 amide bonds. The number of carbonyl (C=O) groups is 2. The molecule has 0 bridgehead atoms. The fourth-order valence-electron chi connectivity index (χ4n) is 3.19. The van der Waals surface area contributed by atoms with Crippen LogP contribution in [-0.4, -0.2) is 17.9 Å². The summed E-state index contributed by atoms with van der Waals surface area (Å²) in [6, 6.07) is 6.43. The third kappa shape index (κ3) is 2.86. The summed E-state index contributed by atoms with van der Waals surface area (Å²) in [6.45, 7) is 5.17. The first-order valence-electron chi connectivity index (χ1n) is 7.99. The SMILES string of the molecule is Cc1c(C(=O)OC(C)C)oc2c1C(=O)CC(c1ccccc1F)C2. The maximum Gasteiger partial charge on any atom is 0.374 e. The third-order valence-corrected chi connectivity index (χ3v) is 4.24. The number of ketones is 1. The van der Waals surface area contributed by atoms with E-state index < -0.39 is 5.97 Å². The average Bonchev–Trinajstić information content (AvgIpc) is 2.84. The average molecular weight is 330 g/mol. The highest BCUT2D eigenvalue weighted by Crippen LogP contribution is 2.37. The van der Waals surface area contributed by atoms with Gasteiger partial charge in [0.2, 0.25) is 5.76 Å². The lowest BCUT2D eigenvalue weighted by Crippen LogP contribution is -2.19. The standard InChI is InChI=1S/C19H19FO4/c1-10(2)23-19(22)18-11(3)17-15(21)8-12(9-16(17)24-18)13-6-4-5-7-14(13)20/h4-7,10,12H,8-9H2,1-3H3. The Morgan fingerprint density at radius 1 is 1.29 bits per heavy atom. The number of fused-ring (bicyclic) bond motifs is 1. The minimum absolute atomic E-state index is 0.0660. The zero-order valence-corrected chi connectivity index (χ0v) is 13.9. The Labute approximate surface area is 139 Å². The van der Waals surface area contributed by atoms with Crippen LogP contribution in [0, 0.1) is 12.7 Å². The van der Waals surface area contributed by atoms with Crippen molar-refractivity contribution in [2.75, 3.05) is 0 Å². The van der Waals surface area contributed by atoms with Gasteiger partial charge in [-0.15, -0.1) is 0 Å². The predicted molar refractivity (Wildman–Crippen MR) is 85.8 cm³/mol. The Kier molecular flexibility index (Phi) is 4.26. The Bertz CT molecular complexity index is 804. The van der Waals surface area contributed by atoms with E-state index in [0.717, 1.165) is 0 Å². The molecule has 1 heterocycles. The van der Waals surface area contributed by atoms with E-state index >= 15 is 0 Å². The first-order valence-corrected chi connectivity index (χ1v) is 7.99. The van der Waals surface area contributed by atoms with Crippen LogP contribution in [0.15, 0.2) is 28.7 Å². The summed E-state index contributed by atoms with van der Waals surface area (Å²) in [5.41, 5.74) is 1.45. The number of benzene rings is 1. The summed E-state index contributed by atoms with van der Waals surface area (Å²) in [5.74, 6) is -0.822. The van der Waals surface area contributed by atoms with Gasteiger partial charge in [-0.1, -0.05) is 18.2 Å². The molecule has 1 aliphatic rings. The Balaban J connectivity index is 1.96. The molecule has 2 aromatic rings. The van der Waals surface area contributed by atoms with Crippen molar-refractivity contribution in [2.45, 2.75) is 45.6 Å². The van der Waals surface area contributed by atoms with Gasteiger partial charge in [-0.25, -0.2) is 9.18 Å². The lowest BCUT2D eigenvalue weighted by atomic mass is 9.81. The molecule has 24 heavy (non-hydrogen) atoms. The minimum atomic E-state index is -0.577. The van der Waals surface area contributed by atoms with Gasteiger partial charge in [-0.05, 0) is 32.4 Å². The highest BCUT2D eigenvalue weighted by atomic mass is 19.1. The van der Waals surface area contributed by atoms with Crippen LogP contribution < -0.4 is 0 Å². The van der Waals surface area contributed by atoms with Crippen LogP contribution in [0.4, 0.5) is 4.39 Å². The Morgan fingerprint density at radius 2 is 2.00 bits per heavy atom. The first-order chi connectivity index (χ1) is 11.4. The van der Waals surface area contributed by atoms with Gasteiger partial charge in [0.1, 0.15) is 11.6 Å². The van der Waals surface area contributed by atoms with Crippen molar-refractivity contribution in [3.63, 3.8) is 0 Å². The quantitative estimate of drug-likeness (QED) is 0.791.